The minimum atomic E-state index is -2.51. The third-order valence-electron chi connectivity index (χ3n) is 1.20. The van der Waals surface area contributed by atoms with E-state index in [1.54, 1.807) is 6.92 Å². The number of hydrogen-bond acceptors (Lipinski definition) is 3. The molecule has 68 valence electrons. The molecule has 0 fully saturated rings. The lowest BCUT2D eigenvalue weighted by Gasteiger charge is -2.18. The average molecular weight is 169 g/mol. The van der Waals surface area contributed by atoms with Crippen molar-refractivity contribution in [2.45, 2.75) is 25.5 Å². The van der Waals surface area contributed by atoms with Crippen molar-refractivity contribution in [3.63, 3.8) is 0 Å². The fourth-order valence-corrected chi connectivity index (χ4v) is 0.567. The minimum Gasteiger partial charge on any atom is -0.394 e. The van der Waals surface area contributed by atoms with E-state index in [2.05, 4.69) is 4.74 Å². The summed E-state index contributed by atoms with van der Waals surface area (Å²) in [6, 6.07) is -0.432. The molecule has 0 heterocycles. The standard InChI is InChI=1S/C6H13F2NO2/c1-4(9)5(2-10)11-3-6(7)8/h4-6,10H,2-3,9H2,1H3. The van der Waals surface area contributed by atoms with Crippen LogP contribution in [-0.4, -0.2) is 36.9 Å². The van der Waals surface area contributed by atoms with Crippen molar-refractivity contribution in [2.24, 2.45) is 5.73 Å². The SMILES string of the molecule is CC(N)C(CO)OCC(F)F. The molecule has 0 aliphatic carbocycles. The van der Waals surface area contributed by atoms with Gasteiger partial charge in [-0.1, -0.05) is 0 Å². The van der Waals surface area contributed by atoms with Crippen LogP contribution in [0, 0.1) is 0 Å². The maximum Gasteiger partial charge on any atom is 0.261 e. The zero-order valence-corrected chi connectivity index (χ0v) is 6.34. The normalized spacial score (nSPS) is 16.9. The molecule has 2 unspecified atom stereocenters. The van der Waals surface area contributed by atoms with Gasteiger partial charge in [0.05, 0.1) is 12.7 Å². The molecule has 0 saturated heterocycles. The van der Waals surface area contributed by atoms with Gasteiger partial charge in [-0.15, -0.1) is 0 Å². The molecular formula is C6H13F2NO2. The summed E-state index contributed by atoms with van der Waals surface area (Å²) in [4.78, 5) is 0. The second-order valence-corrected chi connectivity index (χ2v) is 2.30. The van der Waals surface area contributed by atoms with Crippen LogP contribution in [0.1, 0.15) is 6.92 Å². The highest BCUT2D eigenvalue weighted by Crippen LogP contribution is 2.00. The van der Waals surface area contributed by atoms with Gasteiger partial charge in [0.15, 0.2) is 0 Å². The smallest absolute Gasteiger partial charge is 0.261 e. The van der Waals surface area contributed by atoms with E-state index in [-0.39, 0.29) is 6.61 Å². The molecule has 0 rings (SSSR count). The molecule has 5 heteroatoms. The number of hydrogen-bond donors (Lipinski definition) is 2. The zero-order valence-electron chi connectivity index (χ0n) is 6.34. The molecule has 2 atom stereocenters. The molecule has 0 spiro atoms. The fraction of sp³-hybridized carbons (Fsp3) is 1.00. The molecule has 0 aromatic heterocycles. The van der Waals surface area contributed by atoms with E-state index < -0.39 is 25.2 Å². The largest absolute Gasteiger partial charge is 0.394 e. The second-order valence-electron chi connectivity index (χ2n) is 2.30. The lowest BCUT2D eigenvalue weighted by molar-refractivity contribution is -0.0506. The lowest BCUT2D eigenvalue weighted by Crippen LogP contribution is -2.37. The van der Waals surface area contributed by atoms with Crippen LogP contribution in [0.15, 0.2) is 0 Å². The van der Waals surface area contributed by atoms with E-state index in [1.807, 2.05) is 0 Å². The van der Waals surface area contributed by atoms with E-state index in [0.717, 1.165) is 0 Å². The summed E-state index contributed by atoms with van der Waals surface area (Å²) in [5.74, 6) is 0. The highest BCUT2D eigenvalue weighted by Gasteiger charge is 2.14. The Morgan fingerprint density at radius 1 is 1.55 bits per heavy atom. The molecule has 0 aromatic carbocycles. The minimum absolute atomic E-state index is 0.329. The van der Waals surface area contributed by atoms with Crippen LogP contribution < -0.4 is 5.73 Å². The van der Waals surface area contributed by atoms with Crippen LogP contribution in [-0.2, 0) is 4.74 Å². The number of ether oxygens (including phenoxy) is 1. The van der Waals surface area contributed by atoms with E-state index in [9.17, 15) is 8.78 Å². The number of halogens is 2. The molecule has 0 amide bonds. The monoisotopic (exact) mass is 169 g/mol. The van der Waals surface area contributed by atoms with Crippen molar-refractivity contribution >= 4 is 0 Å². The molecule has 0 aromatic rings. The summed E-state index contributed by atoms with van der Waals surface area (Å²) in [6.45, 7) is 0.587. The van der Waals surface area contributed by atoms with Crippen LogP contribution in [0.5, 0.6) is 0 Å². The molecule has 3 nitrogen and oxygen atoms in total. The topological polar surface area (TPSA) is 55.5 Å². The summed E-state index contributed by atoms with van der Waals surface area (Å²) in [6.07, 6.45) is -3.20. The average Bonchev–Trinajstić information content (AvgIpc) is 1.87. The third-order valence-corrected chi connectivity index (χ3v) is 1.20. The van der Waals surface area contributed by atoms with Gasteiger partial charge in [-0.2, -0.15) is 0 Å². The molecule has 0 aliphatic rings. The number of aliphatic hydroxyl groups is 1. The van der Waals surface area contributed by atoms with Crippen LogP contribution in [0.2, 0.25) is 0 Å². The Hall–Kier alpha value is -0.260. The lowest BCUT2D eigenvalue weighted by atomic mass is 10.2. The Bertz CT molecular complexity index is 101. The Kier molecular flexibility index (Phi) is 5.27. The Balaban J connectivity index is 3.52. The Labute approximate surface area is 64.1 Å². The van der Waals surface area contributed by atoms with E-state index in [1.165, 1.54) is 0 Å². The molecule has 0 aliphatic heterocycles. The van der Waals surface area contributed by atoms with Crippen molar-refractivity contribution in [2.75, 3.05) is 13.2 Å². The van der Waals surface area contributed by atoms with Gasteiger partial charge in [0, 0.05) is 6.04 Å². The molecule has 3 N–H and O–H groups in total. The van der Waals surface area contributed by atoms with E-state index in [4.69, 9.17) is 10.8 Å². The van der Waals surface area contributed by atoms with Crippen molar-refractivity contribution in [3.05, 3.63) is 0 Å². The number of rotatable bonds is 5. The van der Waals surface area contributed by atoms with Gasteiger partial charge in [-0.25, -0.2) is 8.78 Å². The predicted molar refractivity (Wildman–Crippen MR) is 36.5 cm³/mol. The van der Waals surface area contributed by atoms with Crippen LogP contribution >= 0.6 is 0 Å². The first kappa shape index (κ1) is 10.7. The van der Waals surface area contributed by atoms with Crippen molar-refractivity contribution in [1.82, 2.24) is 0 Å². The van der Waals surface area contributed by atoms with E-state index in [0.29, 0.717) is 0 Å². The summed E-state index contributed by atoms with van der Waals surface area (Å²) in [7, 11) is 0. The fourth-order valence-electron chi connectivity index (χ4n) is 0.567. The first-order chi connectivity index (χ1) is 5.07. The van der Waals surface area contributed by atoms with Crippen LogP contribution in [0.25, 0.3) is 0 Å². The quantitative estimate of drug-likeness (QED) is 0.608. The van der Waals surface area contributed by atoms with Gasteiger partial charge in [-0.3, -0.25) is 0 Å². The van der Waals surface area contributed by atoms with Crippen molar-refractivity contribution in [3.8, 4) is 0 Å². The van der Waals surface area contributed by atoms with Gasteiger partial charge < -0.3 is 15.6 Å². The van der Waals surface area contributed by atoms with Gasteiger partial charge in [0.1, 0.15) is 6.61 Å². The molecule has 0 saturated carbocycles. The number of aliphatic hydroxyl groups excluding tert-OH is 1. The zero-order chi connectivity index (χ0) is 8.85. The number of nitrogens with two attached hydrogens (primary N) is 1. The Morgan fingerprint density at radius 2 is 2.09 bits per heavy atom. The summed E-state index contributed by atoms with van der Waals surface area (Å²) < 4.78 is 27.7. The summed E-state index contributed by atoms with van der Waals surface area (Å²) in [5, 5.41) is 8.56. The van der Waals surface area contributed by atoms with E-state index >= 15 is 0 Å². The highest BCUT2D eigenvalue weighted by molar-refractivity contribution is 4.66. The summed E-state index contributed by atoms with van der Waals surface area (Å²) >= 11 is 0. The van der Waals surface area contributed by atoms with Crippen LogP contribution in [0.4, 0.5) is 8.78 Å². The maximum atomic E-state index is 11.5. The second kappa shape index (κ2) is 5.40. The van der Waals surface area contributed by atoms with Crippen molar-refractivity contribution < 1.29 is 18.6 Å². The highest BCUT2D eigenvalue weighted by atomic mass is 19.3. The number of alkyl halides is 2. The molecule has 11 heavy (non-hydrogen) atoms. The van der Waals surface area contributed by atoms with Gasteiger partial charge in [-0.05, 0) is 6.92 Å². The molecular weight excluding hydrogens is 156 g/mol. The summed E-state index contributed by atoms with van der Waals surface area (Å²) in [5.41, 5.74) is 5.30. The first-order valence-corrected chi connectivity index (χ1v) is 3.34. The Morgan fingerprint density at radius 3 is 2.36 bits per heavy atom. The molecule has 0 radical (unpaired) electrons. The van der Waals surface area contributed by atoms with Crippen molar-refractivity contribution in [1.29, 1.82) is 0 Å². The predicted octanol–water partition coefficient (Wildman–Crippen LogP) is -0.0238. The van der Waals surface area contributed by atoms with Gasteiger partial charge >= 0.3 is 0 Å². The first-order valence-electron chi connectivity index (χ1n) is 3.34. The van der Waals surface area contributed by atoms with Crippen LogP contribution in [0.3, 0.4) is 0 Å². The van der Waals surface area contributed by atoms with Gasteiger partial charge in [0.2, 0.25) is 0 Å². The maximum absolute atomic E-state index is 11.5. The third kappa shape index (κ3) is 5.06. The van der Waals surface area contributed by atoms with Gasteiger partial charge in [0.25, 0.3) is 6.43 Å². The molecule has 0 bridgehead atoms.